The molecular weight excluding hydrogens is 306 g/mol. The molecule has 0 bridgehead atoms. The van der Waals surface area contributed by atoms with Crippen LogP contribution in [-0.4, -0.2) is 47.4 Å². The first-order chi connectivity index (χ1) is 11.1. The van der Waals surface area contributed by atoms with Crippen molar-refractivity contribution in [1.29, 1.82) is 0 Å². The molecular formula is C18H21N3OS. The Labute approximate surface area is 141 Å². The van der Waals surface area contributed by atoms with Gasteiger partial charge in [-0.05, 0) is 25.6 Å². The topological polar surface area (TPSA) is 36.4 Å². The number of nitrogens with zero attached hydrogens (tertiary/aromatic N) is 3. The van der Waals surface area contributed by atoms with E-state index < -0.39 is 0 Å². The van der Waals surface area contributed by atoms with Crippen LogP contribution in [0.25, 0.3) is 6.08 Å². The number of hydrogen-bond acceptors (Lipinski definition) is 4. The molecule has 1 aromatic heterocycles. The Bertz CT molecular complexity index is 695. The summed E-state index contributed by atoms with van der Waals surface area (Å²) in [7, 11) is 2.10. The van der Waals surface area contributed by atoms with E-state index in [0.717, 1.165) is 30.3 Å². The van der Waals surface area contributed by atoms with Gasteiger partial charge in [-0.3, -0.25) is 4.79 Å². The summed E-state index contributed by atoms with van der Waals surface area (Å²) in [4.78, 5) is 21.3. The quantitative estimate of drug-likeness (QED) is 0.813. The van der Waals surface area contributed by atoms with Crippen molar-refractivity contribution < 1.29 is 4.79 Å². The average molecular weight is 327 g/mol. The molecule has 0 saturated carbocycles. The molecule has 5 heteroatoms. The van der Waals surface area contributed by atoms with Gasteiger partial charge in [-0.25, -0.2) is 4.98 Å². The van der Waals surface area contributed by atoms with E-state index in [1.807, 2.05) is 41.5 Å². The second-order valence-electron chi connectivity index (χ2n) is 5.85. The molecule has 1 fully saturated rings. The Morgan fingerprint density at radius 2 is 2.09 bits per heavy atom. The number of aromatic nitrogens is 1. The highest BCUT2D eigenvalue weighted by atomic mass is 32.1. The SMILES string of the molecule is Cc1nc(/C=C/C(=O)N2CCN(C)CC2c2ccccc2)cs1. The molecule has 4 nitrogen and oxygen atoms in total. The smallest absolute Gasteiger partial charge is 0.247 e. The van der Waals surface area contributed by atoms with Crippen LogP contribution < -0.4 is 0 Å². The molecule has 1 atom stereocenters. The molecule has 1 aliphatic heterocycles. The molecule has 1 aromatic carbocycles. The van der Waals surface area contributed by atoms with Crippen molar-refractivity contribution in [3.8, 4) is 0 Å². The van der Waals surface area contributed by atoms with Crippen molar-refractivity contribution in [2.24, 2.45) is 0 Å². The van der Waals surface area contributed by atoms with Crippen LogP contribution in [0.2, 0.25) is 0 Å². The predicted octanol–water partition coefficient (Wildman–Crippen LogP) is 2.98. The molecule has 23 heavy (non-hydrogen) atoms. The van der Waals surface area contributed by atoms with Crippen LogP contribution in [0.5, 0.6) is 0 Å². The fourth-order valence-corrected chi connectivity index (χ4v) is 3.43. The minimum absolute atomic E-state index is 0.0533. The third-order valence-electron chi connectivity index (χ3n) is 4.08. The van der Waals surface area contributed by atoms with E-state index in [0.29, 0.717) is 0 Å². The van der Waals surface area contributed by atoms with Gasteiger partial charge >= 0.3 is 0 Å². The van der Waals surface area contributed by atoms with Gasteiger partial charge in [0, 0.05) is 31.1 Å². The third kappa shape index (κ3) is 3.86. The summed E-state index contributed by atoms with van der Waals surface area (Å²) < 4.78 is 0. The Balaban J connectivity index is 1.78. The highest BCUT2D eigenvalue weighted by molar-refractivity contribution is 7.09. The Morgan fingerprint density at radius 1 is 1.30 bits per heavy atom. The molecule has 1 saturated heterocycles. The van der Waals surface area contributed by atoms with E-state index in [4.69, 9.17) is 0 Å². The molecule has 0 aliphatic carbocycles. The largest absolute Gasteiger partial charge is 0.330 e. The molecule has 3 rings (SSSR count). The molecule has 0 N–H and O–H groups in total. The first-order valence-corrected chi connectivity index (χ1v) is 8.66. The van der Waals surface area contributed by atoms with Gasteiger partial charge in [-0.15, -0.1) is 11.3 Å². The number of piperazine rings is 1. The van der Waals surface area contributed by atoms with E-state index >= 15 is 0 Å². The fraction of sp³-hybridized carbons (Fsp3) is 0.333. The number of thiazole rings is 1. The van der Waals surface area contributed by atoms with Crippen LogP contribution in [0.4, 0.5) is 0 Å². The molecule has 1 unspecified atom stereocenters. The maximum Gasteiger partial charge on any atom is 0.247 e. The lowest BCUT2D eigenvalue weighted by Gasteiger charge is -2.39. The van der Waals surface area contributed by atoms with Crippen molar-refractivity contribution in [2.45, 2.75) is 13.0 Å². The molecule has 1 aliphatic rings. The number of likely N-dealkylation sites (N-methyl/N-ethyl adjacent to an activating group) is 1. The predicted molar refractivity (Wildman–Crippen MR) is 94.3 cm³/mol. The number of carbonyl (C=O) groups is 1. The minimum atomic E-state index is 0.0533. The van der Waals surface area contributed by atoms with Gasteiger partial charge in [0.25, 0.3) is 0 Å². The minimum Gasteiger partial charge on any atom is -0.330 e. The van der Waals surface area contributed by atoms with E-state index in [2.05, 4.69) is 29.1 Å². The highest BCUT2D eigenvalue weighted by Crippen LogP contribution is 2.25. The number of rotatable bonds is 3. The number of amides is 1. The first-order valence-electron chi connectivity index (χ1n) is 7.78. The molecule has 120 valence electrons. The van der Waals surface area contributed by atoms with Crippen molar-refractivity contribution >= 4 is 23.3 Å². The summed E-state index contributed by atoms with van der Waals surface area (Å²) in [6, 6.07) is 10.4. The van der Waals surface area contributed by atoms with E-state index in [-0.39, 0.29) is 11.9 Å². The summed E-state index contributed by atoms with van der Waals surface area (Å²) in [5.41, 5.74) is 2.04. The number of aryl methyl sites for hydroxylation is 1. The molecule has 0 radical (unpaired) electrons. The zero-order valence-electron chi connectivity index (χ0n) is 13.5. The normalized spacial score (nSPS) is 19.4. The van der Waals surface area contributed by atoms with E-state index in [9.17, 15) is 4.79 Å². The van der Waals surface area contributed by atoms with Crippen LogP contribution in [0.3, 0.4) is 0 Å². The van der Waals surface area contributed by atoms with Gasteiger partial charge in [0.2, 0.25) is 5.91 Å². The van der Waals surface area contributed by atoms with Gasteiger partial charge in [0.1, 0.15) is 0 Å². The van der Waals surface area contributed by atoms with Crippen molar-refractivity contribution in [2.75, 3.05) is 26.7 Å². The van der Waals surface area contributed by atoms with Crippen molar-refractivity contribution in [3.63, 3.8) is 0 Å². The van der Waals surface area contributed by atoms with Gasteiger partial charge in [0.15, 0.2) is 0 Å². The second-order valence-corrected chi connectivity index (χ2v) is 6.91. The van der Waals surface area contributed by atoms with Gasteiger partial charge in [0.05, 0.1) is 16.7 Å². The van der Waals surface area contributed by atoms with Crippen LogP contribution in [0, 0.1) is 6.92 Å². The number of benzene rings is 1. The Kier molecular flexibility index (Phi) is 4.88. The van der Waals surface area contributed by atoms with Crippen molar-refractivity contribution in [1.82, 2.24) is 14.8 Å². The fourth-order valence-electron chi connectivity index (χ4n) is 2.85. The number of carbonyl (C=O) groups excluding carboxylic acids is 1. The average Bonchev–Trinajstić information content (AvgIpc) is 2.99. The zero-order valence-corrected chi connectivity index (χ0v) is 14.3. The van der Waals surface area contributed by atoms with Crippen LogP contribution in [0.15, 0.2) is 41.8 Å². The maximum absolute atomic E-state index is 12.7. The monoisotopic (exact) mass is 327 g/mol. The maximum atomic E-state index is 12.7. The summed E-state index contributed by atoms with van der Waals surface area (Å²) in [5, 5.41) is 2.98. The summed E-state index contributed by atoms with van der Waals surface area (Å²) >= 11 is 1.60. The lowest BCUT2D eigenvalue weighted by molar-refractivity contribution is -0.130. The molecule has 0 spiro atoms. The second kappa shape index (κ2) is 7.06. The summed E-state index contributed by atoms with van der Waals surface area (Å²) in [6.07, 6.45) is 3.46. The zero-order chi connectivity index (χ0) is 16.2. The van der Waals surface area contributed by atoms with Gasteiger partial charge in [-0.1, -0.05) is 30.3 Å². The number of hydrogen-bond donors (Lipinski definition) is 0. The van der Waals surface area contributed by atoms with E-state index in [1.165, 1.54) is 5.56 Å². The lowest BCUT2D eigenvalue weighted by Crippen LogP contribution is -2.48. The van der Waals surface area contributed by atoms with Crippen LogP contribution in [-0.2, 0) is 4.79 Å². The summed E-state index contributed by atoms with van der Waals surface area (Å²) in [6.45, 7) is 4.48. The Hall–Kier alpha value is -1.98. The van der Waals surface area contributed by atoms with Gasteiger partial charge in [-0.2, -0.15) is 0 Å². The van der Waals surface area contributed by atoms with E-state index in [1.54, 1.807) is 17.4 Å². The highest BCUT2D eigenvalue weighted by Gasteiger charge is 2.28. The Morgan fingerprint density at radius 3 is 2.78 bits per heavy atom. The first kappa shape index (κ1) is 15.9. The van der Waals surface area contributed by atoms with Gasteiger partial charge < -0.3 is 9.80 Å². The van der Waals surface area contributed by atoms with Crippen LogP contribution >= 0.6 is 11.3 Å². The van der Waals surface area contributed by atoms with Crippen molar-refractivity contribution in [3.05, 3.63) is 58.1 Å². The molecule has 1 amide bonds. The summed E-state index contributed by atoms with van der Waals surface area (Å²) in [5.74, 6) is 0.0533. The lowest BCUT2D eigenvalue weighted by atomic mass is 10.0. The third-order valence-corrected chi connectivity index (χ3v) is 4.88. The molecule has 2 aromatic rings. The van der Waals surface area contributed by atoms with Crippen LogP contribution in [0.1, 0.15) is 22.3 Å². The molecule has 2 heterocycles. The standard InChI is InChI=1S/C18H21N3OS/c1-14-19-16(13-23-14)8-9-18(22)21-11-10-20(2)12-17(21)15-6-4-3-5-7-15/h3-9,13,17H,10-12H2,1-2H3/b9-8+.